The van der Waals surface area contributed by atoms with Crippen LogP contribution >= 0.6 is 0 Å². The Morgan fingerprint density at radius 1 is 1.05 bits per heavy atom. The Hall–Kier alpha value is -2.63. The number of ether oxygens (including phenoxy) is 1. The summed E-state index contributed by atoms with van der Waals surface area (Å²) in [6.45, 7) is 0.259. The van der Waals surface area contributed by atoms with Gasteiger partial charge >= 0.3 is 6.18 Å². The molecule has 6 heteroatoms. The molecule has 0 atom stereocenters. The normalized spacial score (nSPS) is 11.8. The molecule has 0 saturated carbocycles. The number of alkyl halides is 3. The van der Waals surface area contributed by atoms with E-state index in [-0.39, 0.29) is 6.61 Å². The van der Waals surface area contributed by atoms with Gasteiger partial charge in [-0.05, 0) is 36.4 Å². The first-order valence-electron chi connectivity index (χ1n) is 6.59. The predicted molar refractivity (Wildman–Crippen MR) is 78.5 cm³/mol. The maximum absolute atomic E-state index is 12.5. The van der Waals surface area contributed by atoms with Gasteiger partial charge in [0.1, 0.15) is 12.4 Å². The van der Waals surface area contributed by atoms with Crippen molar-refractivity contribution in [1.82, 2.24) is 4.98 Å². The quantitative estimate of drug-likeness (QED) is 0.707. The minimum atomic E-state index is -4.34. The van der Waals surface area contributed by atoms with E-state index < -0.39 is 11.7 Å². The van der Waals surface area contributed by atoms with Crippen LogP contribution in [0.2, 0.25) is 0 Å². The molecule has 0 aliphatic carbocycles. The number of hydrogen-bond acceptors (Lipinski definition) is 2. The van der Waals surface area contributed by atoms with Gasteiger partial charge < -0.3 is 15.5 Å². The first-order chi connectivity index (χ1) is 10.4. The summed E-state index contributed by atoms with van der Waals surface area (Å²) in [5.74, 6) is 0.387. The maximum Gasteiger partial charge on any atom is 0.416 e. The van der Waals surface area contributed by atoms with Gasteiger partial charge in [-0.3, -0.25) is 0 Å². The molecular weight excluding hydrogens is 293 g/mol. The lowest BCUT2D eigenvalue weighted by Crippen LogP contribution is -2.04. The molecule has 0 radical (unpaired) electrons. The van der Waals surface area contributed by atoms with E-state index in [0.29, 0.717) is 11.4 Å². The smallest absolute Gasteiger partial charge is 0.416 e. The minimum Gasteiger partial charge on any atom is -0.489 e. The summed E-state index contributed by atoms with van der Waals surface area (Å²) in [7, 11) is 0. The molecule has 1 aromatic heterocycles. The molecule has 0 amide bonds. The third-order valence-corrected chi connectivity index (χ3v) is 3.37. The van der Waals surface area contributed by atoms with E-state index in [2.05, 4.69) is 4.98 Å². The van der Waals surface area contributed by atoms with Crippen molar-refractivity contribution >= 4 is 16.6 Å². The van der Waals surface area contributed by atoms with E-state index in [1.165, 1.54) is 12.1 Å². The zero-order valence-electron chi connectivity index (χ0n) is 11.4. The summed E-state index contributed by atoms with van der Waals surface area (Å²) >= 11 is 0. The number of fused-ring (bicyclic) bond motifs is 1. The van der Waals surface area contributed by atoms with Crippen molar-refractivity contribution in [3.05, 3.63) is 59.8 Å². The number of H-pyrrole nitrogens is 1. The van der Waals surface area contributed by atoms with Crippen LogP contribution < -0.4 is 10.5 Å². The highest BCUT2D eigenvalue weighted by Gasteiger charge is 2.30. The number of nitrogens with one attached hydrogen (secondary N) is 1. The molecule has 0 spiro atoms. The topological polar surface area (TPSA) is 51.0 Å². The first kappa shape index (κ1) is 14.3. The van der Waals surface area contributed by atoms with Crippen LogP contribution in [-0.2, 0) is 12.8 Å². The van der Waals surface area contributed by atoms with Crippen LogP contribution in [0.4, 0.5) is 18.9 Å². The summed E-state index contributed by atoms with van der Waals surface area (Å²) in [6.07, 6.45) is -2.54. The molecule has 2 aromatic carbocycles. The number of halogens is 3. The van der Waals surface area contributed by atoms with Gasteiger partial charge in [0.25, 0.3) is 0 Å². The van der Waals surface area contributed by atoms with Gasteiger partial charge in [0.05, 0.1) is 5.56 Å². The lowest BCUT2D eigenvalue weighted by atomic mass is 10.1. The number of aromatic amines is 1. The second-order valence-electron chi connectivity index (χ2n) is 4.93. The molecule has 3 rings (SSSR count). The number of aromatic nitrogens is 1. The van der Waals surface area contributed by atoms with Gasteiger partial charge in [-0.25, -0.2) is 0 Å². The second kappa shape index (κ2) is 5.29. The lowest BCUT2D eigenvalue weighted by molar-refractivity contribution is -0.137. The fourth-order valence-corrected chi connectivity index (χ4v) is 2.22. The SMILES string of the molecule is Nc1ccc2c(COc3ccc(C(F)(F)F)cc3)c[nH]c2c1. The molecule has 0 saturated heterocycles. The van der Waals surface area contributed by atoms with Crippen molar-refractivity contribution in [3.8, 4) is 5.75 Å². The number of nitrogens with two attached hydrogens (primary N) is 1. The molecule has 0 fully saturated rings. The Balaban J connectivity index is 1.74. The first-order valence-corrected chi connectivity index (χ1v) is 6.59. The zero-order valence-corrected chi connectivity index (χ0v) is 11.4. The van der Waals surface area contributed by atoms with E-state index in [1.54, 1.807) is 12.3 Å². The van der Waals surface area contributed by atoms with Crippen LogP contribution in [0.25, 0.3) is 10.9 Å². The van der Waals surface area contributed by atoms with E-state index >= 15 is 0 Å². The second-order valence-corrected chi connectivity index (χ2v) is 4.93. The molecule has 1 heterocycles. The fourth-order valence-electron chi connectivity index (χ4n) is 2.22. The van der Waals surface area contributed by atoms with Crippen molar-refractivity contribution in [2.45, 2.75) is 12.8 Å². The Kier molecular flexibility index (Phi) is 3.44. The average molecular weight is 306 g/mol. The van der Waals surface area contributed by atoms with Gasteiger partial charge in [0, 0.05) is 28.4 Å². The van der Waals surface area contributed by atoms with Gasteiger partial charge in [-0.2, -0.15) is 13.2 Å². The highest BCUT2D eigenvalue weighted by molar-refractivity contribution is 5.85. The van der Waals surface area contributed by atoms with Crippen LogP contribution in [0.5, 0.6) is 5.75 Å². The van der Waals surface area contributed by atoms with Crippen molar-refractivity contribution in [3.63, 3.8) is 0 Å². The van der Waals surface area contributed by atoms with Crippen molar-refractivity contribution in [2.24, 2.45) is 0 Å². The molecule has 0 bridgehead atoms. The van der Waals surface area contributed by atoms with Gasteiger partial charge in [-0.15, -0.1) is 0 Å². The Labute approximate surface area is 124 Å². The lowest BCUT2D eigenvalue weighted by Gasteiger charge is -2.09. The Morgan fingerprint density at radius 2 is 1.77 bits per heavy atom. The molecule has 22 heavy (non-hydrogen) atoms. The van der Waals surface area contributed by atoms with Crippen LogP contribution in [-0.4, -0.2) is 4.98 Å². The summed E-state index contributed by atoms with van der Waals surface area (Å²) < 4.78 is 43.0. The van der Waals surface area contributed by atoms with Crippen LogP contribution in [0, 0.1) is 0 Å². The number of rotatable bonds is 3. The Morgan fingerprint density at radius 3 is 2.45 bits per heavy atom. The summed E-state index contributed by atoms with van der Waals surface area (Å²) in [6, 6.07) is 10.1. The van der Waals surface area contributed by atoms with Crippen molar-refractivity contribution in [2.75, 3.05) is 5.73 Å². The molecule has 0 unspecified atom stereocenters. The monoisotopic (exact) mass is 306 g/mol. The largest absolute Gasteiger partial charge is 0.489 e. The van der Waals surface area contributed by atoms with Crippen molar-refractivity contribution in [1.29, 1.82) is 0 Å². The molecule has 3 N–H and O–H groups in total. The molecule has 0 aliphatic heterocycles. The predicted octanol–water partition coefficient (Wildman–Crippen LogP) is 4.35. The van der Waals surface area contributed by atoms with Crippen LogP contribution in [0.15, 0.2) is 48.7 Å². The number of anilines is 1. The highest BCUT2D eigenvalue weighted by Crippen LogP contribution is 2.30. The minimum absolute atomic E-state index is 0.259. The molecular formula is C16H13F3N2O. The summed E-state index contributed by atoms with van der Waals surface area (Å²) in [4.78, 5) is 3.09. The molecule has 114 valence electrons. The van der Waals surface area contributed by atoms with Gasteiger partial charge in [0.2, 0.25) is 0 Å². The summed E-state index contributed by atoms with van der Waals surface area (Å²) in [5.41, 5.74) is 7.48. The molecule has 3 nitrogen and oxygen atoms in total. The standard InChI is InChI=1S/C16H13F3N2O/c17-16(18,19)11-1-4-13(5-2-11)22-9-10-8-21-15-7-12(20)3-6-14(10)15/h1-8,21H,9,20H2. The molecule has 3 aromatic rings. The van der Waals surface area contributed by atoms with E-state index in [4.69, 9.17) is 10.5 Å². The average Bonchev–Trinajstić information content (AvgIpc) is 2.87. The maximum atomic E-state index is 12.5. The third kappa shape index (κ3) is 2.86. The number of hydrogen-bond donors (Lipinski definition) is 2. The van der Waals surface area contributed by atoms with Gasteiger partial charge in [0.15, 0.2) is 0 Å². The van der Waals surface area contributed by atoms with Crippen LogP contribution in [0.3, 0.4) is 0 Å². The number of benzene rings is 2. The van der Waals surface area contributed by atoms with Crippen molar-refractivity contribution < 1.29 is 17.9 Å². The number of nitrogen functional groups attached to an aromatic ring is 1. The Bertz CT molecular complexity index is 791. The van der Waals surface area contributed by atoms with E-state index in [9.17, 15) is 13.2 Å². The summed E-state index contributed by atoms with van der Waals surface area (Å²) in [5, 5.41) is 0.973. The fraction of sp³-hybridized carbons (Fsp3) is 0.125. The highest BCUT2D eigenvalue weighted by atomic mass is 19.4. The molecule has 0 aliphatic rings. The van der Waals surface area contributed by atoms with E-state index in [0.717, 1.165) is 28.6 Å². The van der Waals surface area contributed by atoms with Crippen LogP contribution in [0.1, 0.15) is 11.1 Å². The van der Waals surface area contributed by atoms with E-state index in [1.807, 2.05) is 12.1 Å². The third-order valence-electron chi connectivity index (χ3n) is 3.37. The zero-order chi connectivity index (χ0) is 15.7. The van der Waals surface area contributed by atoms with Gasteiger partial charge in [-0.1, -0.05) is 6.07 Å².